The highest BCUT2D eigenvalue weighted by Crippen LogP contribution is 2.33. The van der Waals surface area contributed by atoms with Gasteiger partial charge >= 0.3 is 5.97 Å². The Balaban J connectivity index is 1.94. The van der Waals surface area contributed by atoms with Gasteiger partial charge in [0.15, 0.2) is 12.4 Å². The zero-order valence-corrected chi connectivity index (χ0v) is 18.9. The van der Waals surface area contributed by atoms with Crippen LogP contribution in [0.1, 0.15) is 22.1 Å². The molecule has 32 heavy (non-hydrogen) atoms. The van der Waals surface area contributed by atoms with Gasteiger partial charge in [0.1, 0.15) is 5.75 Å². The van der Waals surface area contributed by atoms with Crippen LogP contribution in [-0.2, 0) is 21.4 Å². The first-order chi connectivity index (χ1) is 15.3. The molecule has 0 unspecified atom stereocenters. The number of anilines is 1. The molecule has 0 aliphatic heterocycles. The van der Waals surface area contributed by atoms with Crippen molar-refractivity contribution in [3.8, 4) is 5.75 Å². The van der Waals surface area contributed by atoms with E-state index in [1.807, 2.05) is 0 Å². The second kappa shape index (κ2) is 9.84. The van der Waals surface area contributed by atoms with Crippen LogP contribution < -0.4 is 9.04 Å². The largest absolute Gasteiger partial charge is 0.495 e. The van der Waals surface area contributed by atoms with Crippen LogP contribution in [0.25, 0.3) is 0 Å². The van der Waals surface area contributed by atoms with Crippen LogP contribution >= 0.6 is 11.6 Å². The van der Waals surface area contributed by atoms with Gasteiger partial charge in [-0.2, -0.15) is 4.98 Å². The Morgan fingerprint density at radius 2 is 2.03 bits per heavy atom. The van der Waals surface area contributed by atoms with Crippen LogP contribution in [-0.4, -0.2) is 38.2 Å². The summed E-state index contributed by atoms with van der Waals surface area (Å²) in [5.74, 6) is 0.0155. The number of benzene rings is 2. The average Bonchev–Trinajstić information content (AvgIpc) is 3.21. The van der Waals surface area contributed by atoms with Crippen molar-refractivity contribution in [2.45, 2.75) is 18.4 Å². The first-order valence-electron chi connectivity index (χ1n) is 9.30. The first kappa shape index (κ1) is 23.3. The van der Waals surface area contributed by atoms with Crippen LogP contribution in [0.15, 0.2) is 64.5 Å². The summed E-state index contributed by atoms with van der Waals surface area (Å²) in [7, 11) is -2.67. The molecule has 1 aromatic heterocycles. The molecule has 3 aromatic rings. The van der Waals surface area contributed by atoms with E-state index in [9.17, 15) is 13.2 Å². The predicted molar refractivity (Wildman–Crippen MR) is 117 cm³/mol. The zero-order valence-electron chi connectivity index (χ0n) is 17.3. The van der Waals surface area contributed by atoms with E-state index in [2.05, 4.69) is 16.7 Å². The molecule has 3 rings (SSSR count). The molecule has 1 heterocycles. The van der Waals surface area contributed by atoms with E-state index in [-0.39, 0.29) is 34.5 Å². The minimum absolute atomic E-state index is 0.0262. The van der Waals surface area contributed by atoms with Gasteiger partial charge in [0.05, 0.1) is 34.8 Å². The number of carbonyl (C=O) groups excluding carboxylic acids is 1. The van der Waals surface area contributed by atoms with Gasteiger partial charge in [-0.1, -0.05) is 35.0 Å². The van der Waals surface area contributed by atoms with Gasteiger partial charge < -0.3 is 14.0 Å². The Bertz CT molecular complexity index is 1240. The lowest BCUT2D eigenvalue weighted by Gasteiger charge is -2.25. The van der Waals surface area contributed by atoms with Crippen molar-refractivity contribution < 1.29 is 27.2 Å². The average molecular weight is 478 g/mol. The fourth-order valence-electron chi connectivity index (χ4n) is 2.83. The number of aromatic nitrogens is 2. The van der Waals surface area contributed by atoms with Crippen molar-refractivity contribution in [2.75, 3.05) is 18.0 Å². The number of esters is 1. The molecule has 0 amide bonds. The summed E-state index contributed by atoms with van der Waals surface area (Å²) in [6.45, 7) is 4.96. The van der Waals surface area contributed by atoms with Crippen LogP contribution in [0.3, 0.4) is 0 Å². The topological polar surface area (TPSA) is 112 Å². The Hall–Kier alpha value is -3.37. The highest BCUT2D eigenvalue weighted by molar-refractivity contribution is 7.92. The number of ether oxygens (including phenoxy) is 2. The summed E-state index contributed by atoms with van der Waals surface area (Å²) < 4.78 is 43.4. The number of hydrogen-bond donors (Lipinski definition) is 0. The molecule has 0 aliphatic rings. The van der Waals surface area contributed by atoms with Gasteiger partial charge in [-0.15, -0.1) is 6.58 Å². The molecular formula is C21H20ClN3O6S. The van der Waals surface area contributed by atoms with Crippen molar-refractivity contribution in [2.24, 2.45) is 0 Å². The number of rotatable bonds is 9. The standard InChI is InChI=1S/C21H20ClN3O6S/c1-4-11-25(18-7-5-6-8-19(18)29-3)32(27,28)15-9-10-17(22)16(12-15)21(26)30-13-20-23-14(2)24-31-20/h4-10,12H,1,11,13H2,2-3H3. The maximum absolute atomic E-state index is 13.5. The first-order valence-corrected chi connectivity index (χ1v) is 11.1. The number of methoxy groups -OCH3 is 1. The second-order valence-electron chi connectivity index (χ2n) is 6.45. The highest BCUT2D eigenvalue weighted by atomic mass is 35.5. The fraction of sp³-hybridized carbons (Fsp3) is 0.190. The van der Waals surface area contributed by atoms with Crippen molar-refractivity contribution in [3.63, 3.8) is 0 Å². The molecule has 0 bridgehead atoms. The number of aryl methyl sites for hydroxylation is 1. The quantitative estimate of drug-likeness (QED) is 0.338. The van der Waals surface area contributed by atoms with Crippen LogP contribution in [0, 0.1) is 6.92 Å². The monoisotopic (exact) mass is 477 g/mol. The predicted octanol–water partition coefficient (Wildman–Crippen LogP) is 3.78. The van der Waals surface area contributed by atoms with E-state index in [4.69, 9.17) is 25.6 Å². The van der Waals surface area contributed by atoms with Gasteiger partial charge in [0.2, 0.25) is 0 Å². The molecular weight excluding hydrogens is 458 g/mol. The molecule has 9 nitrogen and oxygen atoms in total. The molecule has 0 aliphatic carbocycles. The van der Waals surface area contributed by atoms with Crippen molar-refractivity contribution in [1.82, 2.24) is 10.1 Å². The maximum Gasteiger partial charge on any atom is 0.340 e. The molecule has 0 atom stereocenters. The van der Waals surface area contributed by atoms with Crippen molar-refractivity contribution in [3.05, 3.63) is 77.4 Å². The number of hydrogen-bond acceptors (Lipinski definition) is 8. The van der Waals surface area contributed by atoms with Crippen LogP contribution in [0.2, 0.25) is 5.02 Å². The molecule has 0 saturated heterocycles. The minimum atomic E-state index is -4.11. The Labute approximate surface area is 190 Å². The number of sulfonamides is 1. The third kappa shape index (κ3) is 4.92. The molecule has 11 heteroatoms. The smallest absolute Gasteiger partial charge is 0.340 e. The zero-order chi connectivity index (χ0) is 23.3. The van der Waals surface area contributed by atoms with Crippen molar-refractivity contribution >= 4 is 33.3 Å². The molecule has 0 fully saturated rings. The molecule has 0 spiro atoms. The van der Waals surface area contributed by atoms with E-state index in [1.54, 1.807) is 31.2 Å². The third-order valence-electron chi connectivity index (χ3n) is 4.29. The molecule has 0 radical (unpaired) electrons. The van der Waals surface area contributed by atoms with E-state index in [0.717, 1.165) is 10.4 Å². The number of nitrogens with zero attached hydrogens (tertiary/aromatic N) is 3. The molecule has 2 aromatic carbocycles. The Morgan fingerprint density at radius 1 is 1.28 bits per heavy atom. The molecule has 168 valence electrons. The summed E-state index contributed by atoms with van der Waals surface area (Å²) in [5, 5.41) is 3.64. The number of para-hydroxylation sites is 2. The summed E-state index contributed by atoms with van der Waals surface area (Å²) in [6, 6.07) is 10.4. The van der Waals surface area contributed by atoms with E-state index in [1.165, 1.54) is 25.3 Å². The lowest BCUT2D eigenvalue weighted by Crippen LogP contribution is -2.31. The molecule has 0 N–H and O–H groups in total. The lowest BCUT2D eigenvalue weighted by atomic mass is 10.2. The number of carbonyl (C=O) groups is 1. The minimum Gasteiger partial charge on any atom is -0.495 e. The summed E-state index contributed by atoms with van der Waals surface area (Å²) in [5.41, 5.74) is 0.197. The van der Waals surface area contributed by atoms with Gasteiger partial charge in [-0.05, 0) is 37.3 Å². The normalized spacial score (nSPS) is 11.1. The Morgan fingerprint density at radius 3 is 2.69 bits per heavy atom. The Kier molecular flexibility index (Phi) is 7.16. The third-order valence-corrected chi connectivity index (χ3v) is 6.40. The van der Waals surface area contributed by atoms with Gasteiger partial charge in [0, 0.05) is 0 Å². The fourth-order valence-corrected chi connectivity index (χ4v) is 4.50. The van der Waals surface area contributed by atoms with E-state index >= 15 is 0 Å². The lowest BCUT2D eigenvalue weighted by molar-refractivity contribution is 0.0429. The van der Waals surface area contributed by atoms with Crippen LogP contribution in [0.5, 0.6) is 5.75 Å². The highest BCUT2D eigenvalue weighted by Gasteiger charge is 2.28. The maximum atomic E-state index is 13.5. The van der Waals surface area contributed by atoms with Gasteiger partial charge in [-0.25, -0.2) is 13.2 Å². The van der Waals surface area contributed by atoms with E-state index in [0.29, 0.717) is 17.3 Å². The SMILES string of the molecule is C=CCN(c1ccccc1OC)S(=O)(=O)c1ccc(Cl)c(C(=O)OCc2nc(C)no2)c1. The summed E-state index contributed by atoms with van der Waals surface area (Å²) in [4.78, 5) is 16.3. The van der Waals surface area contributed by atoms with Crippen molar-refractivity contribution in [1.29, 1.82) is 0 Å². The van der Waals surface area contributed by atoms with E-state index < -0.39 is 16.0 Å². The van der Waals surface area contributed by atoms with Gasteiger partial charge in [-0.3, -0.25) is 4.31 Å². The second-order valence-corrected chi connectivity index (χ2v) is 8.72. The summed E-state index contributed by atoms with van der Waals surface area (Å²) >= 11 is 6.14. The molecule has 0 saturated carbocycles. The van der Waals surface area contributed by atoms with Gasteiger partial charge in [0.25, 0.3) is 15.9 Å². The summed E-state index contributed by atoms with van der Waals surface area (Å²) in [6.07, 6.45) is 1.45. The number of halogens is 1. The van der Waals surface area contributed by atoms with Crippen LogP contribution in [0.4, 0.5) is 5.69 Å².